The Balaban J connectivity index is 1.99. The molecule has 3 rings (SSSR count). The maximum atomic E-state index is 11.0. The topological polar surface area (TPSA) is 128 Å². The van der Waals surface area contributed by atoms with Gasteiger partial charge in [-0.3, -0.25) is 0 Å². The molecular weight excluding hydrogens is 378 g/mol. The molecule has 9 heteroatoms. The molecule has 3 aromatic rings. The quantitative estimate of drug-likeness (QED) is 0.733. The van der Waals surface area contributed by atoms with E-state index in [0.717, 1.165) is 5.56 Å². The fraction of sp³-hybridized carbons (Fsp3) is 0. The van der Waals surface area contributed by atoms with Crippen LogP contribution in [-0.4, -0.2) is 21.2 Å². The van der Waals surface area contributed by atoms with Crippen molar-refractivity contribution in [3.8, 4) is 34.7 Å². The van der Waals surface area contributed by atoms with Crippen molar-refractivity contribution in [2.24, 2.45) is 5.73 Å². The fourth-order valence-corrected chi connectivity index (χ4v) is 2.21. The summed E-state index contributed by atoms with van der Waals surface area (Å²) in [5, 5.41) is 12.8. The summed E-state index contributed by atoms with van der Waals surface area (Å²) in [6, 6.07) is 10.5. The largest absolute Gasteiger partial charge is 0.411 e. The Hall–Kier alpha value is -3.25. The van der Waals surface area contributed by atoms with E-state index in [1.165, 1.54) is 6.20 Å². The second kappa shape index (κ2) is 6.47. The van der Waals surface area contributed by atoms with Gasteiger partial charge in [-0.1, -0.05) is 17.3 Å². The lowest BCUT2D eigenvalue weighted by molar-refractivity contribution is 0.209. The van der Waals surface area contributed by atoms with Crippen molar-refractivity contribution in [3.05, 3.63) is 46.7 Å². The van der Waals surface area contributed by atoms with E-state index >= 15 is 0 Å². The first-order valence-corrected chi connectivity index (χ1v) is 7.33. The highest BCUT2D eigenvalue weighted by molar-refractivity contribution is 9.10. The summed E-state index contributed by atoms with van der Waals surface area (Å²) in [4.78, 5) is 19.1. The van der Waals surface area contributed by atoms with E-state index in [-0.39, 0.29) is 17.3 Å². The lowest BCUT2D eigenvalue weighted by Crippen LogP contribution is -2.17. The number of rotatable bonds is 3. The van der Waals surface area contributed by atoms with Crippen LogP contribution in [0, 0.1) is 11.3 Å². The average Bonchev–Trinajstić information content (AvgIpc) is 3.06. The Morgan fingerprint density at radius 2 is 2.08 bits per heavy atom. The Morgan fingerprint density at radius 3 is 2.75 bits per heavy atom. The van der Waals surface area contributed by atoms with Crippen molar-refractivity contribution in [3.63, 3.8) is 0 Å². The normalized spacial score (nSPS) is 10.2. The highest BCUT2D eigenvalue weighted by atomic mass is 79.9. The van der Waals surface area contributed by atoms with Crippen molar-refractivity contribution in [2.75, 3.05) is 0 Å². The van der Waals surface area contributed by atoms with Gasteiger partial charge in [0.1, 0.15) is 10.3 Å². The number of hydrogen-bond acceptors (Lipinski definition) is 7. The van der Waals surface area contributed by atoms with Gasteiger partial charge in [0.15, 0.2) is 11.5 Å². The van der Waals surface area contributed by atoms with Crippen LogP contribution >= 0.6 is 15.9 Å². The van der Waals surface area contributed by atoms with Crippen molar-refractivity contribution in [1.82, 2.24) is 15.1 Å². The summed E-state index contributed by atoms with van der Waals surface area (Å²) >= 11 is 3.19. The molecule has 0 atom stereocenters. The standard InChI is InChI=1S/C15H8BrN5O3/c16-12-7-19-14(23-15(18)22)13(20-12)11-5-10(21-24-11)9-3-1-8(6-17)2-4-9/h1-5,7H,(H2,18,22). The summed E-state index contributed by atoms with van der Waals surface area (Å²) in [6.07, 6.45) is 0.347. The van der Waals surface area contributed by atoms with E-state index in [1.54, 1.807) is 30.3 Å². The molecule has 0 unspecified atom stereocenters. The van der Waals surface area contributed by atoms with Gasteiger partial charge in [0.05, 0.1) is 17.8 Å². The molecule has 0 bridgehead atoms. The van der Waals surface area contributed by atoms with Gasteiger partial charge < -0.3 is 15.0 Å². The van der Waals surface area contributed by atoms with Crippen LogP contribution in [0.4, 0.5) is 4.79 Å². The minimum Gasteiger partial charge on any atom is -0.389 e. The number of hydrogen-bond donors (Lipinski definition) is 1. The molecule has 0 aliphatic rings. The number of halogens is 1. The molecule has 8 nitrogen and oxygen atoms in total. The van der Waals surface area contributed by atoms with E-state index in [9.17, 15) is 4.79 Å². The molecule has 0 spiro atoms. The first-order chi connectivity index (χ1) is 11.6. The SMILES string of the molecule is N#Cc1ccc(-c2cc(-c3nc(Br)cnc3OC(N)=O)on2)cc1. The second-order valence-electron chi connectivity index (χ2n) is 4.53. The number of nitrogens with zero attached hydrogens (tertiary/aromatic N) is 4. The Morgan fingerprint density at radius 1 is 1.33 bits per heavy atom. The predicted molar refractivity (Wildman–Crippen MR) is 85.6 cm³/mol. The van der Waals surface area contributed by atoms with Crippen molar-refractivity contribution in [1.29, 1.82) is 5.26 Å². The number of nitrogens with two attached hydrogens (primary N) is 1. The molecule has 0 fully saturated rings. The first-order valence-electron chi connectivity index (χ1n) is 6.54. The summed E-state index contributed by atoms with van der Waals surface area (Å²) in [7, 11) is 0. The molecule has 24 heavy (non-hydrogen) atoms. The van der Waals surface area contributed by atoms with Crippen LogP contribution in [0.25, 0.3) is 22.7 Å². The average molecular weight is 386 g/mol. The molecule has 1 amide bonds. The van der Waals surface area contributed by atoms with Gasteiger partial charge in [-0.15, -0.1) is 0 Å². The second-order valence-corrected chi connectivity index (χ2v) is 5.35. The van der Waals surface area contributed by atoms with Gasteiger partial charge in [-0.2, -0.15) is 5.26 Å². The van der Waals surface area contributed by atoms with Crippen molar-refractivity contribution < 1.29 is 14.1 Å². The molecule has 0 aliphatic heterocycles. The lowest BCUT2D eigenvalue weighted by atomic mass is 10.1. The minimum absolute atomic E-state index is 0.0896. The maximum absolute atomic E-state index is 11.0. The van der Waals surface area contributed by atoms with E-state index < -0.39 is 6.09 Å². The summed E-state index contributed by atoms with van der Waals surface area (Å²) in [6.45, 7) is 0. The number of amides is 1. The number of aromatic nitrogens is 3. The van der Waals surface area contributed by atoms with Gasteiger partial charge in [0.2, 0.25) is 0 Å². The summed E-state index contributed by atoms with van der Waals surface area (Å²) in [5.74, 6) is 0.160. The smallest absolute Gasteiger partial charge is 0.389 e. The molecule has 1 aromatic carbocycles. The van der Waals surface area contributed by atoms with E-state index in [2.05, 4.69) is 31.1 Å². The zero-order valence-electron chi connectivity index (χ0n) is 11.9. The number of benzene rings is 1. The van der Waals surface area contributed by atoms with E-state index in [0.29, 0.717) is 15.9 Å². The minimum atomic E-state index is -1.01. The molecule has 2 N–H and O–H groups in total. The number of ether oxygens (including phenoxy) is 1. The Labute approximate surface area is 144 Å². The zero-order valence-corrected chi connectivity index (χ0v) is 13.5. The predicted octanol–water partition coefficient (Wildman–Crippen LogP) is 2.89. The van der Waals surface area contributed by atoms with Gasteiger partial charge in [-0.25, -0.2) is 14.8 Å². The Kier molecular flexibility index (Phi) is 4.22. The number of primary amides is 1. The number of carbonyl (C=O) groups is 1. The highest BCUT2D eigenvalue weighted by Gasteiger charge is 2.18. The van der Waals surface area contributed by atoms with Crippen LogP contribution in [0.3, 0.4) is 0 Å². The third kappa shape index (κ3) is 3.23. The monoisotopic (exact) mass is 385 g/mol. The van der Waals surface area contributed by atoms with Crippen LogP contribution in [0.1, 0.15) is 5.56 Å². The van der Waals surface area contributed by atoms with Crippen LogP contribution in [0.15, 0.2) is 45.7 Å². The number of carbonyl (C=O) groups excluding carboxylic acids is 1. The molecule has 118 valence electrons. The fourth-order valence-electron chi connectivity index (χ4n) is 1.93. The maximum Gasteiger partial charge on any atom is 0.411 e. The van der Waals surface area contributed by atoms with Crippen molar-refractivity contribution >= 4 is 22.0 Å². The summed E-state index contributed by atoms with van der Waals surface area (Å²) in [5.41, 5.74) is 7.02. The lowest BCUT2D eigenvalue weighted by Gasteiger charge is -2.03. The third-order valence-corrected chi connectivity index (χ3v) is 3.34. The molecule has 0 radical (unpaired) electrons. The zero-order chi connectivity index (χ0) is 17.1. The van der Waals surface area contributed by atoms with Crippen LogP contribution in [-0.2, 0) is 0 Å². The molecule has 2 heterocycles. The first kappa shape index (κ1) is 15.6. The van der Waals surface area contributed by atoms with Gasteiger partial charge >= 0.3 is 6.09 Å². The van der Waals surface area contributed by atoms with Gasteiger partial charge in [-0.05, 0) is 28.1 Å². The molecule has 0 saturated carbocycles. The molecular formula is C15H8BrN5O3. The molecule has 2 aromatic heterocycles. The van der Waals surface area contributed by atoms with Crippen molar-refractivity contribution in [2.45, 2.75) is 0 Å². The van der Waals surface area contributed by atoms with E-state index in [4.69, 9.17) is 20.3 Å². The highest BCUT2D eigenvalue weighted by Crippen LogP contribution is 2.31. The van der Waals surface area contributed by atoms with Gasteiger partial charge in [0, 0.05) is 11.6 Å². The molecule has 0 aliphatic carbocycles. The third-order valence-electron chi connectivity index (χ3n) is 2.96. The van der Waals surface area contributed by atoms with Crippen LogP contribution < -0.4 is 10.5 Å². The number of nitriles is 1. The summed E-state index contributed by atoms with van der Waals surface area (Å²) < 4.78 is 10.5. The van der Waals surface area contributed by atoms with Crippen LogP contribution in [0.5, 0.6) is 5.88 Å². The molecule has 0 saturated heterocycles. The van der Waals surface area contributed by atoms with E-state index in [1.807, 2.05) is 6.07 Å². The van der Waals surface area contributed by atoms with Crippen LogP contribution in [0.2, 0.25) is 0 Å². The Bertz CT molecular complexity index is 946. The van der Waals surface area contributed by atoms with Gasteiger partial charge in [0.25, 0.3) is 5.88 Å².